The van der Waals surface area contributed by atoms with E-state index in [-0.39, 0.29) is 0 Å². The van der Waals surface area contributed by atoms with Gasteiger partial charge < -0.3 is 4.90 Å². The van der Waals surface area contributed by atoms with Crippen LogP contribution in [0.5, 0.6) is 0 Å². The molecule has 0 aliphatic rings. The lowest BCUT2D eigenvalue weighted by Crippen LogP contribution is -2.38. The molecule has 0 radical (unpaired) electrons. The van der Waals surface area contributed by atoms with Gasteiger partial charge >= 0.3 is 0 Å². The third-order valence-corrected chi connectivity index (χ3v) is 4.66. The number of hydrogen-bond donors (Lipinski definition) is 0. The Kier molecular flexibility index (Phi) is 7.02. The Morgan fingerprint density at radius 3 is 2.15 bits per heavy atom. The van der Waals surface area contributed by atoms with Gasteiger partial charge in [-0.2, -0.15) is 0 Å². The summed E-state index contributed by atoms with van der Waals surface area (Å²) in [5.41, 5.74) is 1.14. The van der Waals surface area contributed by atoms with Gasteiger partial charge in [0, 0.05) is 31.9 Å². The van der Waals surface area contributed by atoms with Crippen LogP contribution in [0.4, 0.5) is 5.69 Å². The highest BCUT2D eigenvalue weighted by Crippen LogP contribution is 2.13. The minimum absolute atomic E-state index is 0.543. The van der Waals surface area contributed by atoms with E-state index in [4.69, 9.17) is 0 Å². The Bertz CT molecular complexity index is 474. The molecule has 0 fully saturated rings. The molecule has 0 aromatic heterocycles. The number of sulfonamides is 1. The summed E-state index contributed by atoms with van der Waals surface area (Å²) in [6.07, 6.45) is 3.20. The minimum Gasteiger partial charge on any atom is -0.370 e. The molecule has 114 valence electrons. The lowest BCUT2D eigenvalue weighted by Gasteiger charge is -2.27. The number of benzene rings is 1. The second-order valence-electron chi connectivity index (χ2n) is 4.93. The van der Waals surface area contributed by atoms with Crippen LogP contribution < -0.4 is 4.90 Å². The largest absolute Gasteiger partial charge is 0.370 e. The Morgan fingerprint density at radius 2 is 1.65 bits per heavy atom. The fourth-order valence-corrected chi connectivity index (χ4v) is 2.99. The summed E-state index contributed by atoms with van der Waals surface area (Å²) in [4.78, 5) is 2.20. The predicted octanol–water partition coefficient (Wildman–Crippen LogP) is 2.57. The monoisotopic (exact) mass is 298 g/mol. The van der Waals surface area contributed by atoms with Crippen molar-refractivity contribution in [3.8, 4) is 0 Å². The summed E-state index contributed by atoms with van der Waals surface area (Å²) in [5.74, 6) is 0. The molecule has 0 saturated carbocycles. The number of unbranched alkanes of at least 4 members (excludes halogenated alkanes) is 1. The third kappa shape index (κ3) is 5.51. The molecule has 0 N–H and O–H groups in total. The predicted molar refractivity (Wildman–Crippen MR) is 85.7 cm³/mol. The smallest absolute Gasteiger partial charge is 0.211 e. The van der Waals surface area contributed by atoms with E-state index < -0.39 is 10.0 Å². The molecule has 1 aromatic rings. The number of hydrogen-bond acceptors (Lipinski definition) is 3. The van der Waals surface area contributed by atoms with E-state index in [0.717, 1.165) is 31.6 Å². The Balaban J connectivity index is 2.65. The van der Waals surface area contributed by atoms with Gasteiger partial charge in [0.1, 0.15) is 0 Å². The quantitative estimate of drug-likeness (QED) is 0.703. The van der Waals surface area contributed by atoms with Crippen LogP contribution >= 0.6 is 0 Å². The van der Waals surface area contributed by atoms with Crippen LogP contribution in [-0.2, 0) is 10.0 Å². The summed E-state index contributed by atoms with van der Waals surface area (Å²) in [5, 5.41) is 0. The molecule has 1 rings (SSSR count). The Hall–Kier alpha value is -1.07. The van der Waals surface area contributed by atoms with Crippen LogP contribution in [0.25, 0.3) is 0 Å². The highest BCUT2D eigenvalue weighted by Gasteiger charge is 2.16. The van der Waals surface area contributed by atoms with Crippen LogP contribution in [-0.4, -0.2) is 45.2 Å². The molecule has 1 aromatic carbocycles. The van der Waals surface area contributed by atoms with Crippen molar-refractivity contribution in [1.82, 2.24) is 4.31 Å². The third-order valence-electron chi connectivity index (χ3n) is 3.35. The lowest BCUT2D eigenvalue weighted by atomic mass is 10.3. The number of anilines is 1. The van der Waals surface area contributed by atoms with Crippen molar-refractivity contribution >= 4 is 15.7 Å². The van der Waals surface area contributed by atoms with Gasteiger partial charge in [-0.3, -0.25) is 0 Å². The zero-order valence-electron chi connectivity index (χ0n) is 12.7. The van der Waals surface area contributed by atoms with E-state index in [9.17, 15) is 8.42 Å². The summed E-state index contributed by atoms with van der Waals surface area (Å²) >= 11 is 0. The van der Waals surface area contributed by atoms with Crippen molar-refractivity contribution in [3.05, 3.63) is 30.3 Å². The Morgan fingerprint density at radius 1 is 1.00 bits per heavy atom. The number of para-hydroxylation sites is 1. The first kappa shape index (κ1) is 17.0. The van der Waals surface area contributed by atoms with Gasteiger partial charge in [-0.15, -0.1) is 0 Å². The van der Waals surface area contributed by atoms with Gasteiger partial charge in [0.15, 0.2) is 0 Å². The number of nitrogens with zero attached hydrogens (tertiary/aromatic N) is 2. The molecule has 20 heavy (non-hydrogen) atoms. The summed E-state index contributed by atoms with van der Waals surface area (Å²) < 4.78 is 25.1. The first-order chi connectivity index (χ1) is 9.49. The normalized spacial score (nSPS) is 11.8. The lowest BCUT2D eigenvalue weighted by molar-refractivity contribution is 0.410. The fourth-order valence-electron chi connectivity index (χ4n) is 2.12. The van der Waals surface area contributed by atoms with Crippen LogP contribution in [0.1, 0.15) is 26.7 Å². The average molecular weight is 298 g/mol. The van der Waals surface area contributed by atoms with E-state index >= 15 is 0 Å². The second kappa shape index (κ2) is 8.27. The fraction of sp³-hybridized carbons (Fsp3) is 0.600. The molecule has 0 bridgehead atoms. The van der Waals surface area contributed by atoms with Gasteiger partial charge in [0.2, 0.25) is 10.0 Å². The molecule has 0 spiro atoms. The highest BCUT2D eigenvalue weighted by molar-refractivity contribution is 7.88. The van der Waals surface area contributed by atoms with Crippen molar-refractivity contribution < 1.29 is 8.42 Å². The van der Waals surface area contributed by atoms with Gasteiger partial charge in [0.25, 0.3) is 0 Å². The maximum atomic E-state index is 11.8. The maximum absolute atomic E-state index is 11.8. The van der Waals surface area contributed by atoms with Gasteiger partial charge in [-0.1, -0.05) is 31.5 Å². The molecule has 0 saturated heterocycles. The first-order valence-electron chi connectivity index (χ1n) is 7.24. The minimum atomic E-state index is -3.12. The molecular weight excluding hydrogens is 272 g/mol. The van der Waals surface area contributed by atoms with Gasteiger partial charge in [-0.05, 0) is 25.5 Å². The first-order valence-corrected chi connectivity index (χ1v) is 9.09. The average Bonchev–Trinajstić information content (AvgIpc) is 2.42. The molecular formula is C15H26N2O2S. The van der Waals surface area contributed by atoms with Crippen LogP contribution in [0.15, 0.2) is 30.3 Å². The van der Waals surface area contributed by atoms with E-state index in [2.05, 4.69) is 30.9 Å². The van der Waals surface area contributed by atoms with Crippen molar-refractivity contribution in [2.45, 2.75) is 26.7 Å². The van der Waals surface area contributed by atoms with E-state index in [1.165, 1.54) is 6.26 Å². The molecule has 0 aliphatic heterocycles. The molecule has 0 heterocycles. The molecule has 0 aliphatic carbocycles. The molecule has 5 heteroatoms. The van der Waals surface area contributed by atoms with Crippen LogP contribution in [0.2, 0.25) is 0 Å². The SMILES string of the molecule is CCCCN(CCN(CC)c1ccccc1)S(C)(=O)=O. The number of likely N-dealkylation sites (N-methyl/N-ethyl adjacent to an activating group) is 1. The summed E-state index contributed by atoms with van der Waals surface area (Å²) in [6, 6.07) is 10.1. The van der Waals surface area contributed by atoms with Crippen LogP contribution in [0.3, 0.4) is 0 Å². The number of rotatable bonds is 9. The topological polar surface area (TPSA) is 40.6 Å². The van der Waals surface area contributed by atoms with Gasteiger partial charge in [-0.25, -0.2) is 12.7 Å². The van der Waals surface area contributed by atoms with Crippen molar-refractivity contribution in [2.24, 2.45) is 0 Å². The standard InChI is InChI=1S/C15H26N2O2S/c1-4-6-12-17(20(3,18)19)14-13-16(5-2)15-10-8-7-9-11-15/h7-11H,4-6,12-14H2,1-3H3. The van der Waals surface area contributed by atoms with Crippen molar-refractivity contribution in [3.63, 3.8) is 0 Å². The van der Waals surface area contributed by atoms with Gasteiger partial charge in [0.05, 0.1) is 6.26 Å². The van der Waals surface area contributed by atoms with Crippen LogP contribution in [0, 0.1) is 0 Å². The second-order valence-corrected chi connectivity index (χ2v) is 6.91. The highest BCUT2D eigenvalue weighted by atomic mass is 32.2. The molecule has 4 nitrogen and oxygen atoms in total. The molecule has 0 unspecified atom stereocenters. The summed E-state index contributed by atoms with van der Waals surface area (Å²) in [6.45, 7) is 6.91. The molecule has 0 amide bonds. The van der Waals surface area contributed by atoms with E-state index in [0.29, 0.717) is 13.1 Å². The zero-order chi connectivity index (χ0) is 15.0. The van der Waals surface area contributed by atoms with E-state index in [1.54, 1.807) is 4.31 Å². The Labute approximate surface area is 123 Å². The van der Waals surface area contributed by atoms with Crippen molar-refractivity contribution in [1.29, 1.82) is 0 Å². The van der Waals surface area contributed by atoms with Crippen molar-refractivity contribution in [2.75, 3.05) is 37.3 Å². The zero-order valence-corrected chi connectivity index (χ0v) is 13.6. The maximum Gasteiger partial charge on any atom is 0.211 e. The molecule has 0 atom stereocenters. The summed E-state index contributed by atoms with van der Waals surface area (Å²) in [7, 11) is -3.12. The van der Waals surface area contributed by atoms with E-state index in [1.807, 2.05) is 18.2 Å².